The van der Waals surface area contributed by atoms with E-state index in [1.54, 1.807) is 0 Å². The van der Waals surface area contributed by atoms with Crippen LogP contribution in [0.25, 0.3) is 0 Å². The SMILES string of the molecule is O=C(O)c1nn(COc2ccc([N+](=O)[O-])cc2Cl)cc1[N+](=O)[O-]. The van der Waals surface area contributed by atoms with E-state index in [9.17, 15) is 25.0 Å². The minimum atomic E-state index is -1.55. The number of carboxylic acid groups (broad SMARTS) is 1. The van der Waals surface area contributed by atoms with Gasteiger partial charge in [0.2, 0.25) is 5.69 Å². The third-order valence-electron chi connectivity index (χ3n) is 2.62. The molecule has 0 aliphatic rings. The summed E-state index contributed by atoms with van der Waals surface area (Å²) in [5, 5.41) is 33.6. The molecule has 0 radical (unpaired) electrons. The van der Waals surface area contributed by atoms with Gasteiger partial charge in [0.25, 0.3) is 5.69 Å². The van der Waals surface area contributed by atoms with E-state index in [2.05, 4.69) is 5.10 Å². The number of non-ortho nitro benzene ring substituents is 1. The number of aromatic carboxylic acids is 1. The Bertz CT molecular complexity index is 772. The van der Waals surface area contributed by atoms with Crippen molar-refractivity contribution < 1.29 is 24.5 Å². The summed E-state index contributed by atoms with van der Waals surface area (Å²) in [6.07, 6.45) is 0.892. The zero-order chi connectivity index (χ0) is 17.1. The van der Waals surface area contributed by atoms with Gasteiger partial charge in [-0.3, -0.25) is 20.2 Å². The highest BCUT2D eigenvalue weighted by Crippen LogP contribution is 2.29. The summed E-state index contributed by atoms with van der Waals surface area (Å²) in [6, 6.07) is 3.48. The van der Waals surface area contributed by atoms with Crippen LogP contribution in [0.15, 0.2) is 24.4 Å². The minimum absolute atomic E-state index is 0.0423. The molecule has 0 spiro atoms. The Morgan fingerprint density at radius 1 is 1.35 bits per heavy atom. The average molecular weight is 343 g/mol. The fraction of sp³-hybridized carbons (Fsp3) is 0.0909. The second-order valence-corrected chi connectivity index (χ2v) is 4.52. The lowest BCUT2D eigenvalue weighted by Crippen LogP contribution is -2.08. The smallest absolute Gasteiger partial charge is 0.363 e. The fourth-order valence-corrected chi connectivity index (χ4v) is 1.85. The lowest BCUT2D eigenvalue weighted by Gasteiger charge is -2.07. The standard InChI is InChI=1S/C11H7ClN4O7/c12-7-3-6(15(19)20)1-2-9(7)23-5-14-4-8(16(21)22)10(13-14)11(17)18/h1-4H,5H2,(H,17,18). The van der Waals surface area contributed by atoms with Gasteiger partial charge in [0.15, 0.2) is 6.73 Å². The predicted molar refractivity (Wildman–Crippen MR) is 74.6 cm³/mol. The maximum absolute atomic E-state index is 10.9. The summed E-state index contributed by atoms with van der Waals surface area (Å²) in [5.74, 6) is -1.48. The third kappa shape index (κ3) is 3.52. The highest BCUT2D eigenvalue weighted by Gasteiger charge is 2.25. The zero-order valence-corrected chi connectivity index (χ0v) is 11.8. The Morgan fingerprint density at radius 2 is 2.04 bits per heavy atom. The van der Waals surface area contributed by atoms with Crippen LogP contribution in [0.4, 0.5) is 11.4 Å². The molecule has 12 heteroatoms. The number of nitro benzene ring substituents is 1. The van der Waals surface area contributed by atoms with Gasteiger partial charge in [-0.15, -0.1) is 0 Å². The number of carbonyl (C=O) groups is 1. The number of hydrogen-bond donors (Lipinski definition) is 1. The molecule has 23 heavy (non-hydrogen) atoms. The molecule has 1 aromatic heterocycles. The molecule has 0 saturated carbocycles. The molecule has 0 unspecified atom stereocenters. The minimum Gasteiger partial charge on any atom is -0.476 e. The van der Waals surface area contributed by atoms with Crippen LogP contribution in [0, 0.1) is 20.2 Å². The molecule has 0 amide bonds. The second-order valence-electron chi connectivity index (χ2n) is 4.11. The van der Waals surface area contributed by atoms with Crippen LogP contribution >= 0.6 is 11.6 Å². The van der Waals surface area contributed by atoms with E-state index in [0.717, 1.165) is 23.0 Å². The number of rotatable bonds is 6. The van der Waals surface area contributed by atoms with E-state index >= 15 is 0 Å². The maximum atomic E-state index is 10.9. The van der Waals surface area contributed by atoms with Crippen LogP contribution in [0.2, 0.25) is 5.02 Å². The van der Waals surface area contributed by atoms with E-state index in [4.69, 9.17) is 21.4 Å². The maximum Gasteiger partial charge on any atom is 0.363 e. The molecule has 0 saturated heterocycles. The van der Waals surface area contributed by atoms with E-state index in [1.807, 2.05) is 0 Å². The van der Waals surface area contributed by atoms with Gasteiger partial charge in [0, 0.05) is 12.1 Å². The van der Waals surface area contributed by atoms with Crippen molar-refractivity contribution in [2.75, 3.05) is 0 Å². The highest BCUT2D eigenvalue weighted by molar-refractivity contribution is 6.32. The number of nitrogens with zero attached hydrogens (tertiary/aromatic N) is 4. The van der Waals surface area contributed by atoms with Crippen molar-refractivity contribution in [2.45, 2.75) is 6.73 Å². The molecular weight excluding hydrogens is 336 g/mol. The molecule has 11 nitrogen and oxygen atoms in total. The molecular formula is C11H7ClN4O7. The number of carboxylic acids is 1. The Kier molecular flexibility index (Phi) is 4.41. The number of halogens is 1. The van der Waals surface area contributed by atoms with Crippen molar-refractivity contribution in [2.24, 2.45) is 0 Å². The number of ether oxygens (including phenoxy) is 1. The van der Waals surface area contributed by atoms with Crippen molar-refractivity contribution in [3.63, 3.8) is 0 Å². The lowest BCUT2D eigenvalue weighted by molar-refractivity contribution is -0.385. The van der Waals surface area contributed by atoms with E-state index < -0.39 is 27.2 Å². The van der Waals surface area contributed by atoms with Crippen LogP contribution in [-0.2, 0) is 6.73 Å². The van der Waals surface area contributed by atoms with Crippen molar-refractivity contribution in [3.05, 3.63) is 55.3 Å². The van der Waals surface area contributed by atoms with Crippen molar-refractivity contribution in [1.82, 2.24) is 9.78 Å². The van der Waals surface area contributed by atoms with E-state index in [1.165, 1.54) is 6.07 Å². The van der Waals surface area contributed by atoms with Gasteiger partial charge in [0.05, 0.1) is 14.9 Å². The van der Waals surface area contributed by atoms with Gasteiger partial charge in [-0.2, -0.15) is 5.10 Å². The average Bonchev–Trinajstić information content (AvgIpc) is 2.90. The molecule has 0 aliphatic heterocycles. The molecule has 2 aromatic rings. The monoisotopic (exact) mass is 342 g/mol. The molecule has 0 fully saturated rings. The number of benzene rings is 1. The first-order valence-electron chi connectivity index (χ1n) is 5.81. The molecule has 2 rings (SSSR count). The van der Waals surface area contributed by atoms with Gasteiger partial charge >= 0.3 is 11.7 Å². The van der Waals surface area contributed by atoms with E-state index in [0.29, 0.717) is 0 Å². The molecule has 0 atom stereocenters. The summed E-state index contributed by atoms with van der Waals surface area (Å²) in [7, 11) is 0. The van der Waals surface area contributed by atoms with Gasteiger partial charge in [-0.1, -0.05) is 11.6 Å². The summed E-state index contributed by atoms with van der Waals surface area (Å²) in [4.78, 5) is 30.7. The largest absolute Gasteiger partial charge is 0.476 e. The normalized spacial score (nSPS) is 10.3. The van der Waals surface area contributed by atoms with Crippen molar-refractivity contribution in [3.8, 4) is 5.75 Å². The first kappa shape index (κ1) is 16.2. The Hall–Kier alpha value is -3.21. The van der Waals surface area contributed by atoms with Crippen LogP contribution in [-0.4, -0.2) is 30.7 Å². The van der Waals surface area contributed by atoms with Crippen LogP contribution < -0.4 is 4.74 Å². The molecule has 120 valence electrons. The Morgan fingerprint density at radius 3 is 2.52 bits per heavy atom. The molecule has 0 aliphatic carbocycles. The number of hydrogen-bond acceptors (Lipinski definition) is 7. The van der Waals surface area contributed by atoms with Gasteiger partial charge < -0.3 is 9.84 Å². The second kappa shape index (κ2) is 6.27. The third-order valence-corrected chi connectivity index (χ3v) is 2.92. The Balaban J connectivity index is 2.18. The first-order chi connectivity index (χ1) is 10.8. The molecule has 1 aromatic carbocycles. The summed E-state index contributed by atoms with van der Waals surface area (Å²) in [5.41, 5.74) is -1.64. The highest BCUT2D eigenvalue weighted by atomic mass is 35.5. The summed E-state index contributed by atoms with van der Waals surface area (Å²) < 4.78 is 6.12. The van der Waals surface area contributed by atoms with Crippen LogP contribution in [0.1, 0.15) is 10.5 Å². The Labute approximate surface area is 132 Å². The predicted octanol–water partition coefficient (Wildman–Crippen LogP) is 2.09. The topological polar surface area (TPSA) is 151 Å². The quantitative estimate of drug-likeness (QED) is 0.618. The number of aromatic nitrogens is 2. The lowest BCUT2D eigenvalue weighted by atomic mass is 10.3. The first-order valence-corrected chi connectivity index (χ1v) is 6.19. The molecule has 1 N–H and O–H groups in total. The van der Waals surface area contributed by atoms with Crippen molar-refractivity contribution >= 4 is 28.9 Å². The van der Waals surface area contributed by atoms with Crippen LogP contribution in [0.5, 0.6) is 5.75 Å². The van der Waals surface area contributed by atoms with E-state index in [-0.39, 0.29) is 23.2 Å². The van der Waals surface area contributed by atoms with Gasteiger partial charge in [0.1, 0.15) is 11.9 Å². The summed E-state index contributed by atoms with van der Waals surface area (Å²) >= 11 is 5.82. The zero-order valence-electron chi connectivity index (χ0n) is 11.1. The fourth-order valence-electron chi connectivity index (χ4n) is 1.62. The van der Waals surface area contributed by atoms with Crippen LogP contribution in [0.3, 0.4) is 0 Å². The van der Waals surface area contributed by atoms with Crippen molar-refractivity contribution in [1.29, 1.82) is 0 Å². The van der Waals surface area contributed by atoms with Gasteiger partial charge in [-0.25, -0.2) is 9.48 Å². The number of nitro groups is 2. The summed E-state index contributed by atoms with van der Waals surface area (Å²) in [6.45, 7) is -0.369. The van der Waals surface area contributed by atoms with Gasteiger partial charge in [-0.05, 0) is 6.07 Å². The molecule has 1 heterocycles. The molecule has 0 bridgehead atoms.